The van der Waals surface area contributed by atoms with Gasteiger partial charge in [0, 0.05) is 16.5 Å². The van der Waals surface area contributed by atoms with E-state index in [4.69, 9.17) is 19.6 Å². The first-order valence-corrected chi connectivity index (χ1v) is 9.99. The largest absolute Gasteiger partial charge is 0.466 e. The van der Waals surface area contributed by atoms with E-state index >= 15 is 0 Å². The predicted octanol–water partition coefficient (Wildman–Crippen LogP) is 5.00. The number of aromatic nitrogens is 3. The van der Waals surface area contributed by atoms with E-state index in [0.29, 0.717) is 17.3 Å². The van der Waals surface area contributed by atoms with Crippen LogP contribution in [0.1, 0.15) is 28.3 Å². The first-order valence-electron chi connectivity index (χ1n) is 9.99. The highest BCUT2D eigenvalue weighted by atomic mass is 16.5. The van der Waals surface area contributed by atoms with Crippen LogP contribution in [0.15, 0.2) is 66.7 Å². The van der Waals surface area contributed by atoms with Crippen LogP contribution in [0.4, 0.5) is 0 Å². The Kier molecular flexibility index (Phi) is 4.36. The molecule has 0 spiro atoms. The van der Waals surface area contributed by atoms with Crippen molar-refractivity contribution in [3.8, 4) is 17.4 Å². The molecule has 0 fully saturated rings. The second kappa shape index (κ2) is 7.09. The predicted molar refractivity (Wildman–Crippen MR) is 118 cm³/mol. The van der Waals surface area contributed by atoms with E-state index in [-0.39, 0.29) is 0 Å². The van der Waals surface area contributed by atoms with E-state index in [9.17, 15) is 4.79 Å². The number of methoxy groups -OCH3 is 1. The second-order valence-corrected chi connectivity index (χ2v) is 7.68. The highest BCUT2D eigenvalue weighted by Crippen LogP contribution is 2.49. The summed E-state index contributed by atoms with van der Waals surface area (Å²) in [5.41, 5.74) is 5.44. The van der Waals surface area contributed by atoms with E-state index in [1.54, 1.807) is 4.68 Å². The maximum absolute atomic E-state index is 12.5. The van der Waals surface area contributed by atoms with Crippen molar-refractivity contribution in [1.29, 1.82) is 0 Å². The quantitative estimate of drug-likeness (QED) is 0.350. The van der Waals surface area contributed by atoms with Gasteiger partial charge in [0.1, 0.15) is 0 Å². The number of para-hydroxylation sites is 1. The van der Waals surface area contributed by atoms with Crippen LogP contribution in [0.25, 0.3) is 16.6 Å². The van der Waals surface area contributed by atoms with Crippen molar-refractivity contribution >= 4 is 16.9 Å². The number of hydrogen-bond donors (Lipinski definition) is 0. The summed E-state index contributed by atoms with van der Waals surface area (Å²) < 4.78 is 13.1. The van der Waals surface area contributed by atoms with Gasteiger partial charge in [-0.3, -0.25) is 0 Å². The van der Waals surface area contributed by atoms with Crippen molar-refractivity contribution in [2.45, 2.75) is 19.8 Å². The summed E-state index contributed by atoms with van der Waals surface area (Å²) in [6.45, 7) is 8.01. The minimum Gasteiger partial charge on any atom is -0.466 e. The number of fused-ring (bicyclic) bond motifs is 3. The summed E-state index contributed by atoms with van der Waals surface area (Å²) in [5, 5.41) is 5.69. The molecule has 0 amide bonds. The summed E-state index contributed by atoms with van der Waals surface area (Å²) in [6.07, 6.45) is 0. The van der Waals surface area contributed by atoms with Gasteiger partial charge in [-0.2, -0.15) is 5.10 Å². The zero-order valence-corrected chi connectivity index (χ0v) is 17.5. The Labute approximate surface area is 179 Å². The van der Waals surface area contributed by atoms with Crippen LogP contribution in [0, 0.1) is 13.8 Å². The van der Waals surface area contributed by atoms with Crippen LogP contribution in [0.3, 0.4) is 0 Å². The maximum Gasteiger partial charge on any atom is 0.334 e. The summed E-state index contributed by atoms with van der Waals surface area (Å²) in [5.74, 6) is 0.0299. The normalized spacial score (nSPS) is 14.5. The molecule has 0 saturated heterocycles. The van der Waals surface area contributed by atoms with Gasteiger partial charge in [-0.05, 0) is 44.2 Å². The van der Waals surface area contributed by atoms with Gasteiger partial charge in [-0.25, -0.2) is 14.5 Å². The average molecular weight is 411 g/mol. The third-order valence-electron chi connectivity index (χ3n) is 5.62. The Bertz CT molecular complexity index is 1360. The molecule has 3 heterocycles. The molecule has 1 atom stereocenters. The van der Waals surface area contributed by atoms with Crippen LogP contribution in [-0.4, -0.2) is 27.8 Å². The molecule has 0 saturated carbocycles. The van der Waals surface area contributed by atoms with Gasteiger partial charge in [0.15, 0.2) is 0 Å². The molecule has 5 rings (SSSR count). The Morgan fingerprint density at radius 3 is 2.65 bits per heavy atom. The third kappa shape index (κ3) is 2.99. The number of pyridine rings is 1. The summed E-state index contributed by atoms with van der Waals surface area (Å²) in [4.78, 5) is 17.3. The molecule has 0 N–H and O–H groups in total. The average Bonchev–Trinajstić information content (AvgIpc) is 3.11. The number of aryl methyl sites for hydroxylation is 2. The Morgan fingerprint density at radius 1 is 1.13 bits per heavy atom. The number of carbonyl (C=O) groups is 1. The Hall–Kier alpha value is -3.93. The molecule has 6 nitrogen and oxygen atoms in total. The van der Waals surface area contributed by atoms with Crippen LogP contribution in [-0.2, 0) is 9.53 Å². The zero-order chi connectivity index (χ0) is 21.7. The van der Waals surface area contributed by atoms with Gasteiger partial charge >= 0.3 is 5.97 Å². The Morgan fingerprint density at radius 2 is 1.90 bits per heavy atom. The van der Waals surface area contributed by atoms with Crippen molar-refractivity contribution in [2.75, 3.05) is 7.11 Å². The molecule has 6 heteroatoms. The topological polar surface area (TPSA) is 66.2 Å². The lowest BCUT2D eigenvalue weighted by Gasteiger charge is -2.27. The second-order valence-electron chi connectivity index (χ2n) is 7.68. The molecular formula is C25H21N3O3. The lowest BCUT2D eigenvalue weighted by atomic mass is 9.84. The molecule has 154 valence electrons. The lowest BCUT2D eigenvalue weighted by molar-refractivity contribution is -0.136. The highest BCUT2D eigenvalue weighted by molar-refractivity contribution is 5.92. The van der Waals surface area contributed by atoms with E-state index in [1.165, 1.54) is 7.11 Å². The van der Waals surface area contributed by atoms with Crippen molar-refractivity contribution in [1.82, 2.24) is 14.8 Å². The monoisotopic (exact) mass is 411 g/mol. The molecule has 0 bridgehead atoms. The number of hydrogen-bond acceptors (Lipinski definition) is 5. The molecule has 31 heavy (non-hydrogen) atoms. The van der Waals surface area contributed by atoms with Crippen LogP contribution in [0.2, 0.25) is 0 Å². The number of ether oxygens (including phenoxy) is 2. The molecule has 2 aromatic carbocycles. The fourth-order valence-electron chi connectivity index (χ4n) is 4.13. The summed E-state index contributed by atoms with van der Waals surface area (Å²) >= 11 is 0. The van der Waals surface area contributed by atoms with Gasteiger partial charge in [0.25, 0.3) is 0 Å². The van der Waals surface area contributed by atoms with E-state index in [0.717, 1.165) is 39.0 Å². The lowest BCUT2D eigenvalue weighted by Crippen LogP contribution is -2.19. The van der Waals surface area contributed by atoms with E-state index < -0.39 is 11.9 Å². The molecule has 0 aliphatic carbocycles. The van der Waals surface area contributed by atoms with Gasteiger partial charge in [-0.1, -0.05) is 36.4 Å². The van der Waals surface area contributed by atoms with Crippen molar-refractivity contribution < 1.29 is 14.3 Å². The maximum atomic E-state index is 12.5. The number of nitrogens with zero attached hydrogens (tertiary/aromatic N) is 3. The van der Waals surface area contributed by atoms with Crippen LogP contribution >= 0.6 is 0 Å². The van der Waals surface area contributed by atoms with Crippen molar-refractivity contribution in [2.24, 2.45) is 0 Å². The first-order chi connectivity index (χ1) is 15.0. The number of carbonyl (C=O) groups excluding carboxylic acids is 1. The molecule has 4 aromatic rings. The molecule has 1 aliphatic heterocycles. The number of esters is 1. The molecule has 0 unspecified atom stereocenters. The zero-order valence-electron chi connectivity index (χ0n) is 17.5. The first kappa shape index (κ1) is 19.1. The SMILES string of the molecule is C=C(C(=O)OC)[C@H]1c2cc3cc(C)ccc3nc2Oc2c1c(C)nn2-c1ccccc1. The van der Waals surface area contributed by atoms with Crippen molar-refractivity contribution in [3.05, 3.63) is 89.1 Å². The smallest absolute Gasteiger partial charge is 0.334 e. The van der Waals surface area contributed by atoms with Gasteiger partial charge in [-0.15, -0.1) is 0 Å². The number of rotatable bonds is 3. The molecule has 0 radical (unpaired) electrons. The molecular weight excluding hydrogens is 390 g/mol. The summed E-state index contributed by atoms with van der Waals surface area (Å²) in [6, 6.07) is 17.8. The van der Waals surface area contributed by atoms with Gasteiger partial charge < -0.3 is 9.47 Å². The number of benzene rings is 2. The highest BCUT2D eigenvalue weighted by Gasteiger charge is 2.38. The van der Waals surface area contributed by atoms with Gasteiger partial charge in [0.2, 0.25) is 11.8 Å². The minimum atomic E-state index is -0.472. The van der Waals surface area contributed by atoms with E-state index in [1.807, 2.05) is 62.4 Å². The standard InChI is InChI=1S/C25H21N3O3/c1-14-10-11-20-17(12-14)13-19-21(15(2)25(29)30-4)22-16(3)27-28(18-8-6-5-7-9-18)24(22)31-23(19)26-20/h5-13,21H,2H2,1,3-4H3/t21-/m0/s1. The summed E-state index contributed by atoms with van der Waals surface area (Å²) in [7, 11) is 1.36. The molecule has 2 aromatic heterocycles. The fourth-order valence-corrected chi connectivity index (χ4v) is 4.13. The van der Waals surface area contributed by atoms with E-state index in [2.05, 4.69) is 12.6 Å². The van der Waals surface area contributed by atoms with Crippen LogP contribution < -0.4 is 4.74 Å². The van der Waals surface area contributed by atoms with Crippen molar-refractivity contribution in [3.63, 3.8) is 0 Å². The van der Waals surface area contributed by atoms with Gasteiger partial charge in [0.05, 0.1) is 35.5 Å². The Balaban J connectivity index is 1.78. The third-order valence-corrected chi connectivity index (χ3v) is 5.62. The molecule has 1 aliphatic rings. The fraction of sp³-hybridized carbons (Fsp3) is 0.160. The minimum absolute atomic E-state index is 0.317. The van der Waals surface area contributed by atoms with Crippen LogP contribution in [0.5, 0.6) is 11.8 Å².